The molecule has 0 aromatic heterocycles. The molecular formula is C8H8ClFO4S. The van der Waals surface area contributed by atoms with Crippen molar-refractivity contribution in [2.45, 2.75) is 5.75 Å². The summed E-state index contributed by atoms with van der Waals surface area (Å²) in [7, 11) is 2.36. The molecule has 0 saturated carbocycles. The summed E-state index contributed by atoms with van der Waals surface area (Å²) in [5.41, 5.74) is -0.203. The van der Waals surface area contributed by atoms with Crippen LogP contribution < -0.4 is 4.74 Å². The molecule has 0 spiro atoms. The Morgan fingerprint density at radius 1 is 1.53 bits per heavy atom. The van der Waals surface area contributed by atoms with Crippen molar-refractivity contribution in [3.8, 4) is 11.5 Å². The Labute approximate surface area is 90.7 Å². The van der Waals surface area contributed by atoms with Gasteiger partial charge in [-0.15, -0.1) is 0 Å². The van der Waals surface area contributed by atoms with Gasteiger partial charge in [0.15, 0.2) is 0 Å². The van der Waals surface area contributed by atoms with Crippen LogP contribution in [0.4, 0.5) is 4.39 Å². The molecule has 0 radical (unpaired) electrons. The third kappa shape index (κ3) is 3.24. The zero-order chi connectivity index (χ0) is 11.6. The molecule has 0 aliphatic heterocycles. The standard InChI is InChI=1S/C8H8ClFO4S/c1-14-8-3-5(11)2-7(10)6(8)4-15(9,12)13/h2-3,11H,4H2,1H3. The predicted octanol–water partition coefficient (Wildman–Crippen LogP) is 1.61. The number of phenols is 1. The number of aromatic hydroxyl groups is 1. The lowest BCUT2D eigenvalue weighted by Crippen LogP contribution is -2.01. The lowest BCUT2D eigenvalue weighted by atomic mass is 10.2. The topological polar surface area (TPSA) is 63.6 Å². The molecule has 1 aromatic rings. The molecule has 0 aliphatic rings. The van der Waals surface area contributed by atoms with E-state index in [-0.39, 0.29) is 17.1 Å². The number of hydrogen-bond donors (Lipinski definition) is 1. The fourth-order valence-corrected chi connectivity index (χ4v) is 2.04. The first-order chi connectivity index (χ1) is 6.83. The van der Waals surface area contributed by atoms with Crippen LogP contribution >= 0.6 is 10.7 Å². The third-order valence-electron chi connectivity index (χ3n) is 1.68. The Bertz CT molecular complexity index is 472. The van der Waals surface area contributed by atoms with E-state index in [1.54, 1.807) is 0 Å². The summed E-state index contributed by atoms with van der Waals surface area (Å²) < 4.78 is 39.6. The predicted molar refractivity (Wildman–Crippen MR) is 53.1 cm³/mol. The Morgan fingerprint density at radius 3 is 2.60 bits per heavy atom. The highest BCUT2D eigenvalue weighted by Gasteiger charge is 2.17. The minimum absolute atomic E-state index is 0.0586. The van der Waals surface area contributed by atoms with Crippen LogP contribution in [0, 0.1) is 5.82 Å². The molecule has 1 aromatic carbocycles. The second-order valence-electron chi connectivity index (χ2n) is 2.79. The van der Waals surface area contributed by atoms with Crippen LogP contribution in [-0.4, -0.2) is 20.6 Å². The summed E-state index contributed by atoms with van der Waals surface area (Å²) in [5.74, 6) is -1.98. The van der Waals surface area contributed by atoms with Crippen LogP contribution in [-0.2, 0) is 14.8 Å². The average Bonchev–Trinajstić information content (AvgIpc) is 2.07. The van der Waals surface area contributed by atoms with Gasteiger partial charge in [-0.05, 0) is 0 Å². The molecule has 0 amide bonds. The maximum atomic E-state index is 13.3. The first-order valence-electron chi connectivity index (χ1n) is 3.81. The molecule has 0 aliphatic carbocycles. The summed E-state index contributed by atoms with van der Waals surface area (Å²) in [6, 6.07) is 1.90. The van der Waals surface area contributed by atoms with E-state index in [0.717, 1.165) is 12.1 Å². The maximum Gasteiger partial charge on any atom is 0.237 e. The Balaban J connectivity index is 3.27. The van der Waals surface area contributed by atoms with Crippen LogP contribution in [0.25, 0.3) is 0 Å². The molecule has 0 fully saturated rings. The fourth-order valence-electron chi connectivity index (χ4n) is 1.09. The highest BCUT2D eigenvalue weighted by Crippen LogP contribution is 2.29. The zero-order valence-corrected chi connectivity index (χ0v) is 9.27. The van der Waals surface area contributed by atoms with Crippen LogP contribution in [0.15, 0.2) is 12.1 Å². The number of hydrogen-bond acceptors (Lipinski definition) is 4. The lowest BCUT2D eigenvalue weighted by molar-refractivity contribution is 0.397. The SMILES string of the molecule is COc1cc(O)cc(F)c1CS(=O)(=O)Cl. The van der Waals surface area contributed by atoms with Gasteiger partial charge < -0.3 is 9.84 Å². The smallest absolute Gasteiger partial charge is 0.237 e. The van der Waals surface area contributed by atoms with Gasteiger partial charge in [-0.1, -0.05) is 0 Å². The van der Waals surface area contributed by atoms with E-state index in [0.29, 0.717) is 0 Å². The second kappa shape index (κ2) is 4.24. The molecule has 0 heterocycles. The monoisotopic (exact) mass is 254 g/mol. The highest BCUT2D eigenvalue weighted by atomic mass is 35.7. The number of ether oxygens (including phenoxy) is 1. The molecule has 0 bridgehead atoms. The summed E-state index contributed by atoms with van der Waals surface area (Å²) in [4.78, 5) is 0. The summed E-state index contributed by atoms with van der Waals surface area (Å²) in [6.07, 6.45) is 0. The Morgan fingerprint density at radius 2 is 2.13 bits per heavy atom. The van der Waals surface area contributed by atoms with Gasteiger partial charge in [0.2, 0.25) is 9.05 Å². The van der Waals surface area contributed by atoms with Gasteiger partial charge in [0.1, 0.15) is 17.3 Å². The lowest BCUT2D eigenvalue weighted by Gasteiger charge is -2.08. The Hall–Kier alpha value is -1.01. The Kier molecular flexibility index (Phi) is 3.41. The quantitative estimate of drug-likeness (QED) is 0.833. The van der Waals surface area contributed by atoms with Crippen LogP contribution in [0.2, 0.25) is 0 Å². The average molecular weight is 255 g/mol. The van der Waals surface area contributed by atoms with Crippen LogP contribution in [0.5, 0.6) is 11.5 Å². The molecule has 84 valence electrons. The number of phenolic OH excluding ortho intramolecular Hbond substituents is 1. The number of halogens is 2. The molecule has 0 atom stereocenters. The summed E-state index contributed by atoms with van der Waals surface area (Å²) >= 11 is 0. The molecule has 1 rings (SSSR count). The van der Waals surface area contributed by atoms with E-state index >= 15 is 0 Å². The molecule has 0 saturated heterocycles. The highest BCUT2D eigenvalue weighted by molar-refractivity contribution is 8.13. The van der Waals surface area contributed by atoms with Crippen molar-refractivity contribution in [3.05, 3.63) is 23.5 Å². The molecule has 1 N–H and O–H groups in total. The first-order valence-corrected chi connectivity index (χ1v) is 6.29. The van der Waals surface area contributed by atoms with E-state index < -0.39 is 20.6 Å². The molecule has 4 nitrogen and oxygen atoms in total. The maximum absolute atomic E-state index is 13.3. The summed E-state index contributed by atoms with van der Waals surface area (Å²) in [5, 5.41) is 9.05. The van der Waals surface area contributed by atoms with Crippen LogP contribution in [0.1, 0.15) is 5.56 Å². The van der Waals surface area contributed by atoms with Gasteiger partial charge >= 0.3 is 0 Å². The van der Waals surface area contributed by atoms with Gasteiger partial charge in [0.25, 0.3) is 0 Å². The number of methoxy groups -OCH3 is 1. The molecule has 7 heteroatoms. The minimum Gasteiger partial charge on any atom is -0.508 e. The number of rotatable bonds is 3. The molecule has 15 heavy (non-hydrogen) atoms. The van der Waals surface area contributed by atoms with Crippen molar-refractivity contribution in [2.24, 2.45) is 0 Å². The van der Waals surface area contributed by atoms with Crippen molar-refractivity contribution in [3.63, 3.8) is 0 Å². The van der Waals surface area contributed by atoms with Gasteiger partial charge in [0, 0.05) is 28.4 Å². The van der Waals surface area contributed by atoms with Crippen molar-refractivity contribution in [1.82, 2.24) is 0 Å². The van der Waals surface area contributed by atoms with E-state index in [2.05, 4.69) is 0 Å². The molecular weight excluding hydrogens is 247 g/mol. The zero-order valence-electron chi connectivity index (χ0n) is 7.70. The largest absolute Gasteiger partial charge is 0.508 e. The third-order valence-corrected chi connectivity index (χ3v) is 2.64. The van der Waals surface area contributed by atoms with Gasteiger partial charge in [0.05, 0.1) is 12.9 Å². The van der Waals surface area contributed by atoms with Crippen LogP contribution in [0.3, 0.4) is 0 Å². The van der Waals surface area contributed by atoms with Crippen molar-refractivity contribution in [2.75, 3.05) is 7.11 Å². The second-order valence-corrected chi connectivity index (χ2v) is 5.57. The molecule has 0 unspecified atom stereocenters. The number of benzene rings is 1. The van der Waals surface area contributed by atoms with Gasteiger partial charge in [-0.2, -0.15) is 0 Å². The van der Waals surface area contributed by atoms with Crippen molar-refractivity contribution >= 4 is 19.7 Å². The van der Waals surface area contributed by atoms with Crippen molar-refractivity contribution in [1.29, 1.82) is 0 Å². The van der Waals surface area contributed by atoms with Gasteiger partial charge in [-0.25, -0.2) is 12.8 Å². The normalized spacial score (nSPS) is 11.4. The summed E-state index contributed by atoms with van der Waals surface area (Å²) in [6.45, 7) is 0. The minimum atomic E-state index is -3.87. The fraction of sp³-hybridized carbons (Fsp3) is 0.250. The first kappa shape index (κ1) is 12.1. The van der Waals surface area contributed by atoms with E-state index in [1.807, 2.05) is 0 Å². The van der Waals surface area contributed by atoms with Gasteiger partial charge in [-0.3, -0.25) is 0 Å². The van der Waals surface area contributed by atoms with E-state index in [1.165, 1.54) is 7.11 Å². The van der Waals surface area contributed by atoms with Crippen molar-refractivity contribution < 1.29 is 22.7 Å². The van der Waals surface area contributed by atoms with E-state index in [9.17, 15) is 12.8 Å². The van der Waals surface area contributed by atoms with E-state index in [4.69, 9.17) is 20.5 Å².